The van der Waals surface area contributed by atoms with Gasteiger partial charge in [0.15, 0.2) is 11.7 Å². The number of carbonyl (C=O) groups is 3. The molecule has 33 heavy (non-hydrogen) atoms. The zero-order chi connectivity index (χ0) is 23.2. The number of benzene rings is 2. The summed E-state index contributed by atoms with van der Waals surface area (Å²) in [7, 11) is 0. The molecule has 0 bridgehead atoms. The van der Waals surface area contributed by atoms with E-state index in [0.29, 0.717) is 48.3 Å². The van der Waals surface area contributed by atoms with E-state index in [1.807, 2.05) is 18.2 Å². The molecule has 0 spiro atoms. The van der Waals surface area contributed by atoms with E-state index in [1.165, 1.54) is 4.90 Å². The molecule has 1 aromatic heterocycles. The highest BCUT2D eigenvalue weighted by Gasteiger charge is 2.22. The number of aromatic nitrogens is 1. The van der Waals surface area contributed by atoms with Gasteiger partial charge >= 0.3 is 0 Å². The number of carbonyl (C=O) groups excluding carboxylic acids is 3. The third-order valence-electron chi connectivity index (χ3n) is 5.27. The van der Waals surface area contributed by atoms with Gasteiger partial charge in [-0.1, -0.05) is 35.9 Å². The molecule has 1 aliphatic rings. The second kappa shape index (κ2) is 10.3. The maximum atomic E-state index is 12.5. The highest BCUT2D eigenvalue weighted by Crippen LogP contribution is 2.28. The van der Waals surface area contributed by atoms with Crippen molar-refractivity contribution >= 4 is 29.3 Å². The number of oxazole rings is 1. The molecule has 0 atom stereocenters. The monoisotopic (exact) mass is 466 g/mol. The average molecular weight is 467 g/mol. The maximum absolute atomic E-state index is 12.5. The van der Waals surface area contributed by atoms with Crippen LogP contribution in [0.1, 0.15) is 28.2 Å². The SMILES string of the molecule is O=C(CCc1ncc(-c2ccccc2Cl)o1)NCc1ccc(C(=O)N2CCNC(=O)C2)cc1. The predicted molar refractivity (Wildman–Crippen MR) is 122 cm³/mol. The first-order chi connectivity index (χ1) is 16.0. The number of aryl methyl sites for hydroxylation is 1. The number of amides is 3. The van der Waals surface area contributed by atoms with Crippen LogP contribution in [0.25, 0.3) is 11.3 Å². The van der Waals surface area contributed by atoms with Crippen LogP contribution < -0.4 is 10.6 Å². The van der Waals surface area contributed by atoms with Crippen LogP contribution in [0.3, 0.4) is 0 Å². The van der Waals surface area contributed by atoms with E-state index in [4.69, 9.17) is 16.0 Å². The zero-order valence-corrected chi connectivity index (χ0v) is 18.6. The van der Waals surface area contributed by atoms with E-state index in [9.17, 15) is 14.4 Å². The number of nitrogens with zero attached hydrogens (tertiary/aromatic N) is 2. The zero-order valence-electron chi connectivity index (χ0n) is 17.8. The highest BCUT2D eigenvalue weighted by atomic mass is 35.5. The van der Waals surface area contributed by atoms with Crippen LogP contribution in [0.4, 0.5) is 0 Å². The first-order valence-corrected chi connectivity index (χ1v) is 11.0. The topological polar surface area (TPSA) is 105 Å². The molecule has 4 rings (SSSR count). The minimum atomic E-state index is -0.178. The molecular weight excluding hydrogens is 444 g/mol. The number of rotatable bonds is 7. The fraction of sp³-hybridized carbons (Fsp3) is 0.250. The van der Waals surface area contributed by atoms with E-state index in [0.717, 1.165) is 11.1 Å². The Morgan fingerprint density at radius 3 is 2.70 bits per heavy atom. The van der Waals surface area contributed by atoms with Gasteiger partial charge in [0, 0.05) is 43.6 Å². The molecule has 2 heterocycles. The van der Waals surface area contributed by atoms with Crippen molar-refractivity contribution < 1.29 is 18.8 Å². The Hall–Kier alpha value is -3.65. The van der Waals surface area contributed by atoms with E-state index >= 15 is 0 Å². The second-order valence-electron chi connectivity index (χ2n) is 7.65. The Morgan fingerprint density at radius 2 is 1.94 bits per heavy atom. The Balaban J connectivity index is 1.24. The summed E-state index contributed by atoms with van der Waals surface area (Å²) < 4.78 is 5.72. The van der Waals surface area contributed by atoms with Crippen LogP contribution in [0.5, 0.6) is 0 Å². The van der Waals surface area contributed by atoms with Crippen molar-refractivity contribution in [3.05, 3.63) is 76.8 Å². The third-order valence-corrected chi connectivity index (χ3v) is 5.60. The Bertz CT molecular complexity index is 1160. The number of nitrogens with one attached hydrogen (secondary N) is 2. The Morgan fingerprint density at radius 1 is 1.15 bits per heavy atom. The number of piperazine rings is 1. The van der Waals surface area contributed by atoms with Gasteiger partial charge < -0.3 is 20.0 Å². The predicted octanol–water partition coefficient (Wildman–Crippen LogP) is 2.82. The summed E-state index contributed by atoms with van der Waals surface area (Å²) in [5.41, 5.74) is 2.14. The van der Waals surface area contributed by atoms with Crippen LogP contribution in [-0.2, 0) is 22.6 Å². The van der Waals surface area contributed by atoms with Gasteiger partial charge in [0.1, 0.15) is 0 Å². The molecule has 8 nitrogen and oxygen atoms in total. The molecule has 1 aliphatic heterocycles. The summed E-state index contributed by atoms with van der Waals surface area (Å²) >= 11 is 6.18. The molecule has 9 heteroatoms. The van der Waals surface area contributed by atoms with Gasteiger partial charge in [0.2, 0.25) is 11.8 Å². The summed E-state index contributed by atoms with van der Waals surface area (Å²) in [4.78, 5) is 42.0. The summed E-state index contributed by atoms with van der Waals surface area (Å²) in [5.74, 6) is 0.568. The van der Waals surface area contributed by atoms with Gasteiger partial charge in [-0.05, 0) is 29.8 Å². The molecule has 0 aliphatic carbocycles. The van der Waals surface area contributed by atoms with Crippen molar-refractivity contribution in [2.45, 2.75) is 19.4 Å². The molecule has 0 unspecified atom stereocenters. The van der Waals surface area contributed by atoms with Gasteiger partial charge in [-0.2, -0.15) is 0 Å². The molecule has 3 aromatic rings. The van der Waals surface area contributed by atoms with Crippen molar-refractivity contribution in [1.82, 2.24) is 20.5 Å². The van der Waals surface area contributed by atoms with Crippen molar-refractivity contribution in [1.29, 1.82) is 0 Å². The van der Waals surface area contributed by atoms with Crippen LogP contribution in [0.2, 0.25) is 5.02 Å². The largest absolute Gasteiger partial charge is 0.441 e. The lowest BCUT2D eigenvalue weighted by molar-refractivity contribution is -0.123. The van der Waals surface area contributed by atoms with Gasteiger partial charge in [0.05, 0.1) is 17.8 Å². The van der Waals surface area contributed by atoms with Crippen molar-refractivity contribution in [2.24, 2.45) is 0 Å². The van der Waals surface area contributed by atoms with E-state index < -0.39 is 0 Å². The minimum Gasteiger partial charge on any atom is -0.441 e. The van der Waals surface area contributed by atoms with Gasteiger partial charge in [-0.25, -0.2) is 4.98 Å². The molecule has 170 valence electrons. The van der Waals surface area contributed by atoms with Crippen molar-refractivity contribution in [3.63, 3.8) is 0 Å². The van der Waals surface area contributed by atoms with Gasteiger partial charge in [-0.15, -0.1) is 0 Å². The first kappa shape index (κ1) is 22.5. The fourth-order valence-electron chi connectivity index (χ4n) is 3.48. The molecule has 1 fully saturated rings. The lowest BCUT2D eigenvalue weighted by atomic mass is 10.1. The van der Waals surface area contributed by atoms with E-state index in [2.05, 4.69) is 15.6 Å². The molecule has 1 saturated heterocycles. The van der Waals surface area contributed by atoms with Crippen LogP contribution in [-0.4, -0.2) is 47.2 Å². The van der Waals surface area contributed by atoms with Crippen molar-refractivity contribution in [3.8, 4) is 11.3 Å². The van der Waals surface area contributed by atoms with Crippen LogP contribution in [0, 0.1) is 0 Å². The fourth-order valence-corrected chi connectivity index (χ4v) is 3.71. The lowest BCUT2D eigenvalue weighted by Gasteiger charge is -2.26. The first-order valence-electron chi connectivity index (χ1n) is 10.6. The standard InChI is InChI=1S/C24H23ClN4O4/c25-19-4-2-1-3-18(19)20-14-28-23(33-20)10-9-21(30)27-13-16-5-7-17(8-6-16)24(32)29-12-11-26-22(31)15-29/h1-8,14H,9-13,15H2,(H,26,31)(H,27,30). The van der Waals surface area contributed by atoms with Gasteiger partial charge in [0.25, 0.3) is 5.91 Å². The summed E-state index contributed by atoms with van der Waals surface area (Å²) in [6, 6.07) is 14.3. The molecule has 3 amide bonds. The summed E-state index contributed by atoms with van der Waals surface area (Å²) in [6.07, 6.45) is 2.21. The molecule has 0 saturated carbocycles. The van der Waals surface area contributed by atoms with E-state index in [1.54, 1.807) is 36.5 Å². The number of halogens is 1. The lowest BCUT2D eigenvalue weighted by Crippen LogP contribution is -2.49. The average Bonchev–Trinajstić information content (AvgIpc) is 3.30. The molecule has 2 N–H and O–H groups in total. The Labute approximate surface area is 195 Å². The molecule has 0 radical (unpaired) electrons. The van der Waals surface area contributed by atoms with Crippen LogP contribution >= 0.6 is 11.6 Å². The number of hydrogen-bond acceptors (Lipinski definition) is 5. The quantitative estimate of drug-likeness (QED) is 0.557. The minimum absolute atomic E-state index is 0.0705. The van der Waals surface area contributed by atoms with E-state index in [-0.39, 0.29) is 30.7 Å². The second-order valence-corrected chi connectivity index (χ2v) is 8.06. The molecule has 2 aromatic carbocycles. The summed E-state index contributed by atoms with van der Waals surface area (Å²) in [5, 5.41) is 6.13. The normalized spacial score (nSPS) is 13.5. The smallest absolute Gasteiger partial charge is 0.254 e. The third kappa shape index (κ3) is 5.78. The summed E-state index contributed by atoms with van der Waals surface area (Å²) in [6.45, 7) is 1.37. The number of hydrogen-bond donors (Lipinski definition) is 2. The highest BCUT2D eigenvalue weighted by molar-refractivity contribution is 6.33. The Kier molecular flexibility index (Phi) is 7.04. The molecular formula is C24H23ClN4O4. The maximum Gasteiger partial charge on any atom is 0.254 e. The van der Waals surface area contributed by atoms with Gasteiger partial charge in [-0.3, -0.25) is 14.4 Å². The van der Waals surface area contributed by atoms with Crippen molar-refractivity contribution in [2.75, 3.05) is 19.6 Å². The van der Waals surface area contributed by atoms with Crippen LogP contribution in [0.15, 0.2) is 59.1 Å².